The summed E-state index contributed by atoms with van der Waals surface area (Å²) in [6, 6.07) is 6.15. The van der Waals surface area contributed by atoms with Gasteiger partial charge in [-0.3, -0.25) is 0 Å². The van der Waals surface area contributed by atoms with Crippen molar-refractivity contribution in [3.05, 3.63) is 53.4 Å². The smallest absolute Gasteiger partial charge is 0.335 e. The van der Waals surface area contributed by atoms with Crippen molar-refractivity contribution in [1.29, 1.82) is 0 Å². The van der Waals surface area contributed by atoms with E-state index >= 15 is 0 Å². The molecule has 0 saturated heterocycles. The molecule has 1 aromatic heterocycles. The third-order valence-corrected chi connectivity index (χ3v) is 5.34. The topological polar surface area (TPSA) is 72.3 Å². The Morgan fingerprint density at radius 1 is 1.14 bits per heavy atom. The van der Waals surface area contributed by atoms with Crippen molar-refractivity contribution in [3.63, 3.8) is 0 Å². The zero-order valence-corrected chi connectivity index (χ0v) is 15.2. The lowest BCUT2D eigenvalue weighted by atomic mass is 9.90. The van der Waals surface area contributed by atoms with Gasteiger partial charge in [-0.15, -0.1) is 0 Å². The second-order valence-corrected chi connectivity index (χ2v) is 6.91. The van der Waals surface area contributed by atoms with Crippen molar-refractivity contribution in [2.45, 2.75) is 31.6 Å². The van der Waals surface area contributed by atoms with Gasteiger partial charge in [0.05, 0.1) is 29.3 Å². The highest BCUT2D eigenvalue weighted by molar-refractivity contribution is 5.95. The first-order valence-electron chi connectivity index (χ1n) is 9.05. The minimum Gasteiger partial charge on any atom is -0.493 e. The first kappa shape index (κ1) is 18.3. The second kappa shape index (κ2) is 7.14. The van der Waals surface area contributed by atoms with Crippen molar-refractivity contribution in [2.24, 2.45) is 0 Å². The summed E-state index contributed by atoms with van der Waals surface area (Å²) in [7, 11) is 1.25. The lowest BCUT2D eigenvalue weighted by Crippen LogP contribution is -2.06. The molecule has 7 heteroatoms. The maximum atomic E-state index is 14.8. The molecule has 28 heavy (non-hydrogen) atoms. The fourth-order valence-electron chi connectivity index (χ4n) is 3.98. The molecule has 0 bridgehead atoms. The van der Waals surface area contributed by atoms with Gasteiger partial charge in [0.25, 0.3) is 0 Å². The van der Waals surface area contributed by atoms with E-state index in [0.717, 1.165) is 25.7 Å². The quantitative estimate of drug-likeness (QED) is 0.690. The van der Waals surface area contributed by atoms with Crippen LogP contribution in [0, 0.1) is 11.6 Å². The zero-order valence-electron chi connectivity index (χ0n) is 15.2. The summed E-state index contributed by atoms with van der Waals surface area (Å²) in [5, 5.41) is 9.49. The van der Waals surface area contributed by atoms with Gasteiger partial charge < -0.3 is 9.84 Å². The van der Waals surface area contributed by atoms with E-state index in [4.69, 9.17) is 4.74 Å². The average molecular weight is 384 g/mol. The maximum Gasteiger partial charge on any atom is 0.335 e. The van der Waals surface area contributed by atoms with Gasteiger partial charge in [-0.2, -0.15) is 4.39 Å². The summed E-state index contributed by atoms with van der Waals surface area (Å²) < 4.78 is 33.9. The van der Waals surface area contributed by atoms with Crippen LogP contribution in [0.15, 0.2) is 30.6 Å². The molecular weight excluding hydrogens is 366 g/mol. The Morgan fingerprint density at radius 3 is 2.57 bits per heavy atom. The van der Waals surface area contributed by atoms with Gasteiger partial charge in [0, 0.05) is 11.6 Å². The molecule has 0 radical (unpaired) electrons. The molecule has 0 amide bonds. The molecular formula is C21H18F2N2O3. The maximum absolute atomic E-state index is 14.8. The molecule has 5 nitrogen and oxygen atoms in total. The van der Waals surface area contributed by atoms with Crippen LogP contribution in [-0.2, 0) is 0 Å². The third kappa shape index (κ3) is 2.96. The number of nitrogens with zero attached hydrogens (tertiary/aromatic N) is 2. The number of hydrogen-bond acceptors (Lipinski definition) is 4. The van der Waals surface area contributed by atoms with Gasteiger partial charge in [0.15, 0.2) is 11.6 Å². The van der Waals surface area contributed by atoms with E-state index in [9.17, 15) is 18.7 Å². The highest BCUT2D eigenvalue weighted by Gasteiger charge is 2.25. The molecule has 0 aliphatic heterocycles. The van der Waals surface area contributed by atoms with Gasteiger partial charge >= 0.3 is 5.97 Å². The standard InChI is InChI=1S/C21H18F2N2O3/c1-28-16-9-15-17(19(23)18(16)22)20(25-10-24-15)12-6-7-13(21(26)27)14(8-12)11-4-2-3-5-11/h6-11H,2-5H2,1H3,(H,26,27). The third-order valence-electron chi connectivity index (χ3n) is 5.34. The van der Waals surface area contributed by atoms with Gasteiger partial charge in [0.1, 0.15) is 6.33 Å². The Labute approximate surface area is 160 Å². The van der Waals surface area contributed by atoms with Crippen LogP contribution in [0.3, 0.4) is 0 Å². The Bertz CT molecular complexity index is 1080. The highest BCUT2D eigenvalue weighted by Crippen LogP contribution is 2.39. The minimum atomic E-state index is -1.11. The Morgan fingerprint density at radius 2 is 1.89 bits per heavy atom. The summed E-state index contributed by atoms with van der Waals surface area (Å²) in [5.74, 6) is -3.29. The number of carboxylic acid groups (broad SMARTS) is 1. The molecule has 4 rings (SSSR count). The Hall–Kier alpha value is -3.09. The number of rotatable bonds is 4. The number of carbonyl (C=O) groups is 1. The molecule has 0 spiro atoms. The molecule has 3 aromatic rings. The number of ether oxygens (including phenoxy) is 1. The monoisotopic (exact) mass is 384 g/mol. The molecule has 1 fully saturated rings. The number of carboxylic acids is 1. The molecule has 0 unspecified atom stereocenters. The van der Waals surface area contributed by atoms with Crippen LogP contribution in [-0.4, -0.2) is 28.2 Å². The predicted octanol–water partition coefficient (Wildman–Crippen LogP) is 4.94. The van der Waals surface area contributed by atoms with Crippen molar-refractivity contribution < 1.29 is 23.4 Å². The lowest BCUT2D eigenvalue weighted by Gasteiger charge is -2.16. The van der Waals surface area contributed by atoms with E-state index in [1.807, 2.05) is 0 Å². The minimum absolute atomic E-state index is 0.0544. The summed E-state index contributed by atoms with van der Waals surface area (Å²) in [4.78, 5) is 19.9. The van der Waals surface area contributed by atoms with Crippen LogP contribution in [0.2, 0.25) is 0 Å². The van der Waals surface area contributed by atoms with Crippen molar-refractivity contribution in [3.8, 4) is 17.0 Å². The number of aromatic carboxylic acids is 1. The highest BCUT2D eigenvalue weighted by atomic mass is 19.2. The Balaban J connectivity index is 1.94. The van der Waals surface area contributed by atoms with Crippen LogP contribution in [0.4, 0.5) is 8.78 Å². The SMILES string of the molecule is COc1cc2ncnc(-c3ccc(C(=O)O)c(C4CCCC4)c3)c2c(F)c1F. The van der Waals surface area contributed by atoms with E-state index in [0.29, 0.717) is 11.1 Å². The van der Waals surface area contributed by atoms with Crippen LogP contribution in [0.1, 0.15) is 47.5 Å². The van der Waals surface area contributed by atoms with Crippen LogP contribution in [0.25, 0.3) is 22.2 Å². The summed E-state index contributed by atoms with van der Waals surface area (Å²) in [5.41, 5.74) is 1.92. The van der Waals surface area contributed by atoms with Crippen molar-refractivity contribution in [2.75, 3.05) is 7.11 Å². The van der Waals surface area contributed by atoms with E-state index < -0.39 is 17.6 Å². The second-order valence-electron chi connectivity index (χ2n) is 6.91. The molecule has 144 valence electrons. The zero-order chi connectivity index (χ0) is 19.8. The van der Waals surface area contributed by atoms with Crippen molar-refractivity contribution in [1.82, 2.24) is 9.97 Å². The summed E-state index contributed by atoms with van der Waals surface area (Å²) in [6.45, 7) is 0. The molecule has 2 aromatic carbocycles. The van der Waals surface area contributed by atoms with Gasteiger partial charge in [-0.05, 0) is 36.5 Å². The molecule has 0 atom stereocenters. The predicted molar refractivity (Wildman–Crippen MR) is 99.6 cm³/mol. The fourth-order valence-corrected chi connectivity index (χ4v) is 3.98. The average Bonchev–Trinajstić information content (AvgIpc) is 3.24. The van der Waals surface area contributed by atoms with Crippen LogP contribution >= 0.6 is 0 Å². The summed E-state index contributed by atoms with van der Waals surface area (Å²) in [6.07, 6.45) is 5.19. The van der Waals surface area contributed by atoms with E-state index in [1.165, 1.54) is 25.6 Å². The Kier molecular flexibility index (Phi) is 4.66. The van der Waals surface area contributed by atoms with Crippen LogP contribution in [0.5, 0.6) is 5.75 Å². The molecule has 1 heterocycles. The van der Waals surface area contributed by atoms with Crippen molar-refractivity contribution >= 4 is 16.9 Å². The molecule has 1 aliphatic carbocycles. The van der Waals surface area contributed by atoms with Gasteiger partial charge in [-0.25, -0.2) is 19.2 Å². The van der Waals surface area contributed by atoms with Gasteiger partial charge in [0.2, 0.25) is 5.82 Å². The van der Waals surface area contributed by atoms with Crippen LogP contribution < -0.4 is 4.74 Å². The number of hydrogen-bond donors (Lipinski definition) is 1. The first-order valence-corrected chi connectivity index (χ1v) is 9.05. The van der Waals surface area contributed by atoms with Gasteiger partial charge in [-0.1, -0.05) is 18.9 Å². The number of fused-ring (bicyclic) bond motifs is 1. The molecule has 1 aliphatic rings. The largest absolute Gasteiger partial charge is 0.493 e. The molecule has 1 N–H and O–H groups in total. The number of aromatic nitrogens is 2. The van der Waals surface area contributed by atoms with E-state index in [1.54, 1.807) is 12.1 Å². The van der Waals surface area contributed by atoms with E-state index in [2.05, 4.69) is 9.97 Å². The number of benzene rings is 2. The number of methoxy groups -OCH3 is 1. The summed E-state index contributed by atoms with van der Waals surface area (Å²) >= 11 is 0. The fraction of sp³-hybridized carbons (Fsp3) is 0.286. The molecule has 1 saturated carbocycles. The first-order chi connectivity index (χ1) is 13.5. The lowest BCUT2D eigenvalue weighted by molar-refractivity contribution is 0.0695. The van der Waals surface area contributed by atoms with E-state index in [-0.39, 0.29) is 33.8 Å². The normalized spacial score (nSPS) is 14.5. The number of halogens is 2.